The summed E-state index contributed by atoms with van der Waals surface area (Å²) in [6, 6.07) is 13.2. The standard InChI is InChI=1S/C13H12Cl2N2/c14-10-5-3-7-12(13(10)15)17-8-9-4-1-2-6-11(9)16/h1-7,17H,8,16H2. The Bertz CT molecular complexity index is 527. The number of hydrogen-bond donors (Lipinski definition) is 2. The molecule has 0 aliphatic carbocycles. The molecule has 0 unspecified atom stereocenters. The second kappa shape index (κ2) is 5.30. The van der Waals surface area contributed by atoms with Crippen LogP contribution in [0.1, 0.15) is 5.56 Å². The van der Waals surface area contributed by atoms with Crippen molar-refractivity contribution in [3.05, 3.63) is 58.1 Å². The van der Waals surface area contributed by atoms with Gasteiger partial charge in [-0.15, -0.1) is 0 Å². The fourth-order valence-corrected chi connectivity index (χ4v) is 1.89. The fraction of sp³-hybridized carbons (Fsp3) is 0.0769. The molecule has 0 heterocycles. The second-order valence-electron chi connectivity index (χ2n) is 3.65. The Morgan fingerprint density at radius 3 is 2.53 bits per heavy atom. The molecule has 3 N–H and O–H groups in total. The van der Waals surface area contributed by atoms with Gasteiger partial charge in [0.15, 0.2) is 0 Å². The minimum absolute atomic E-state index is 0.531. The van der Waals surface area contributed by atoms with Gasteiger partial charge in [0, 0.05) is 12.2 Å². The Labute approximate surface area is 110 Å². The van der Waals surface area contributed by atoms with E-state index in [1.54, 1.807) is 6.07 Å². The topological polar surface area (TPSA) is 38.0 Å². The first-order valence-electron chi connectivity index (χ1n) is 5.20. The molecule has 2 rings (SSSR count). The van der Waals surface area contributed by atoms with E-state index in [9.17, 15) is 0 Å². The summed E-state index contributed by atoms with van der Waals surface area (Å²) >= 11 is 12.0. The summed E-state index contributed by atoms with van der Waals surface area (Å²) in [5.74, 6) is 0. The molecule has 0 saturated carbocycles. The highest BCUT2D eigenvalue weighted by Crippen LogP contribution is 2.30. The molecule has 0 spiro atoms. The number of benzene rings is 2. The SMILES string of the molecule is Nc1ccccc1CNc1cccc(Cl)c1Cl. The van der Waals surface area contributed by atoms with Crippen LogP contribution in [-0.4, -0.2) is 0 Å². The van der Waals surface area contributed by atoms with Crippen LogP contribution in [0.3, 0.4) is 0 Å². The normalized spacial score (nSPS) is 10.2. The number of halogens is 2. The third-order valence-electron chi connectivity index (χ3n) is 2.48. The largest absolute Gasteiger partial charge is 0.398 e. The van der Waals surface area contributed by atoms with Gasteiger partial charge in [-0.2, -0.15) is 0 Å². The summed E-state index contributed by atoms with van der Waals surface area (Å²) in [7, 11) is 0. The molecule has 0 saturated heterocycles. The monoisotopic (exact) mass is 266 g/mol. The molecule has 0 atom stereocenters. The zero-order valence-corrected chi connectivity index (χ0v) is 10.6. The predicted molar refractivity (Wildman–Crippen MR) is 74.6 cm³/mol. The maximum Gasteiger partial charge on any atom is 0.0823 e. The third kappa shape index (κ3) is 2.84. The van der Waals surface area contributed by atoms with Crippen LogP contribution in [0.2, 0.25) is 10.0 Å². The van der Waals surface area contributed by atoms with Gasteiger partial charge in [0.2, 0.25) is 0 Å². The van der Waals surface area contributed by atoms with Crippen molar-refractivity contribution in [1.82, 2.24) is 0 Å². The maximum atomic E-state index is 6.07. The van der Waals surface area contributed by atoms with Gasteiger partial charge in [-0.3, -0.25) is 0 Å². The van der Waals surface area contributed by atoms with Crippen molar-refractivity contribution >= 4 is 34.6 Å². The van der Waals surface area contributed by atoms with Gasteiger partial charge in [-0.05, 0) is 23.8 Å². The lowest BCUT2D eigenvalue weighted by Gasteiger charge is -2.10. The molecule has 2 nitrogen and oxygen atoms in total. The molecule has 0 aliphatic heterocycles. The Morgan fingerprint density at radius 2 is 1.76 bits per heavy atom. The first-order valence-corrected chi connectivity index (χ1v) is 5.95. The zero-order chi connectivity index (χ0) is 12.3. The number of anilines is 2. The fourth-order valence-electron chi connectivity index (χ4n) is 1.53. The number of hydrogen-bond acceptors (Lipinski definition) is 2. The Kier molecular flexibility index (Phi) is 3.77. The summed E-state index contributed by atoms with van der Waals surface area (Å²) in [5.41, 5.74) is 8.45. The first kappa shape index (κ1) is 12.1. The molecule has 88 valence electrons. The number of nitrogens with one attached hydrogen (secondary N) is 1. The molecule has 0 bridgehead atoms. The minimum Gasteiger partial charge on any atom is -0.398 e. The number of rotatable bonds is 3. The van der Waals surface area contributed by atoms with Gasteiger partial charge in [0.1, 0.15) is 0 Å². The molecule has 0 aliphatic rings. The smallest absolute Gasteiger partial charge is 0.0823 e. The van der Waals surface area contributed by atoms with E-state index in [-0.39, 0.29) is 0 Å². The van der Waals surface area contributed by atoms with Crippen LogP contribution in [0.15, 0.2) is 42.5 Å². The van der Waals surface area contributed by atoms with E-state index < -0.39 is 0 Å². The Morgan fingerprint density at radius 1 is 1.00 bits per heavy atom. The van der Waals surface area contributed by atoms with Crippen molar-refractivity contribution in [3.8, 4) is 0 Å². The van der Waals surface area contributed by atoms with Gasteiger partial charge in [0.05, 0.1) is 15.7 Å². The van der Waals surface area contributed by atoms with E-state index in [1.165, 1.54) is 0 Å². The van der Waals surface area contributed by atoms with Crippen molar-refractivity contribution in [3.63, 3.8) is 0 Å². The van der Waals surface area contributed by atoms with Crippen molar-refractivity contribution < 1.29 is 0 Å². The highest BCUT2D eigenvalue weighted by atomic mass is 35.5. The van der Waals surface area contributed by atoms with Crippen molar-refractivity contribution in [2.75, 3.05) is 11.1 Å². The highest BCUT2D eigenvalue weighted by molar-refractivity contribution is 6.43. The van der Waals surface area contributed by atoms with Crippen LogP contribution in [0.4, 0.5) is 11.4 Å². The zero-order valence-electron chi connectivity index (χ0n) is 9.08. The quantitative estimate of drug-likeness (QED) is 0.818. The van der Waals surface area contributed by atoms with Gasteiger partial charge < -0.3 is 11.1 Å². The summed E-state index contributed by atoms with van der Waals surface area (Å²) in [6.45, 7) is 0.618. The van der Waals surface area contributed by atoms with E-state index >= 15 is 0 Å². The summed E-state index contributed by atoms with van der Waals surface area (Å²) in [6.07, 6.45) is 0. The molecule has 0 amide bonds. The molecule has 2 aromatic carbocycles. The van der Waals surface area contributed by atoms with E-state index in [1.807, 2.05) is 36.4 Å². The van der Waals surface area contributed by atoms with E-state index in [2.05, 4.69) is 5.32 Å². The second-order valence-corrected chi connectivity index (χ2v) is 4.44. The average Bonchev–Trinajstić information content (AvgIpc) is 2.33. The number of nitrogen functional groups attached to an aromatic ring is 1. The number of para-hydroxylation sites is 1. The molecule has 0 radical (unpaired) electrons. The number of nitrogens with two attached hydrogens (primary N) is 1. The average molecular weight is 267 g/mol. The molecule has 2 aromatic rings. The van der Waals surface area contributed by atoms with E-state index in [4.69, 9.17) is 28.9 Å². The van der Waals surface area contributed by atoms with E-state index in [0.717, 1.165) is 16.9 Å². The molecular weight excluding hydrogens is 255 g/mol. The van der Waals surface area contributed by atoms with Crippen molar-refractivity contribution in [2.45, 2.75) is 6.54 Å². The van der Waals surface area contributed by atoms with Crippen LogP contribution < -0.4 is 11.1 Å². The van der Waals surface area contributed by atoms with Crippen LogP contribution in [0.5, 0.6) is 0 Å². The summed E-state index contributed by atoms with van der Waals surface area (Å²) in [4.78, 5) is 0. The lowest BCUT2D eigenvalue weighted by molar-refractivity contribution is 1.15. The van der Waals surface area contributed by atoms with Gasteiger partial charge in [-0.25, -0.2) is 0 Å². The molecule has 4 heteroatoms. The third-order valence-corrected chi connectivity index (χ3v) is 3.29. The van der Waals surface area contributed by atoms with Crippen LogP contribution in [0.25, 0.3) is 0 Å². The maximum absolute atomic E-state index is 6.07. The lowest BCUT2D eigenvalue weighted by Crippen LogP contribution is -2.03. The predicted octanol–water partition coefficient (Wildman–Crippen LogP) is 4.19. The van der Waals surface area contributed by atoms with Crippen LogP contribution >= 0.6 is 23.2 Å². The molecule has 17 heavy (non-hydrogen) atoms. The van der Waals surface area contributed by atoms with Crippen LogP contribution in [-0.2, 0) is 6.54 Å². The summed E-state index contributed by atoms with van der Waals surface area (Å²) < 4.78 is 0. The van der Waals surface area contributed by atoms with Gasteiger partial charge >= 0.3 is 0 Å². The minimum atomic E-state index is 0.531. The summed E-state index contributed by atoms with van der Waals surface area (Å²) in [5, 5.41) is 4.29. The van der Waals surface area contributed by atoms with Crippen molar-refractivity contribution in [2.24, 2.45) is 0 Å². The molecule has 0 aromatic heterocycles. The van der Waals surface area contributed by atoms with E-state index in [0.29, 0.717) is 16.6 Å². The van der Waals surface area contributed by atoms with Crippen molar-refractivity contribution in [1.29, 1.82) is 0 Å². The lowest BCUT2D eigenvalue weighted by atomic mass is 10.2. The van der Waals surface area contributed by atoms with Crippen LogP contribution in [0, 0.1) is 0 Å². The Balaban J connectivity index is 2.13. The Hall–Kier alpha value is -1.38. The van der Waals surface area contributed by atoms with Gasteiger partial charge in [0.25, 0.3) is 0 Å². The van der Waals surface area contributed by atoms with Gasteiger partial charge in [-0.1, -0.05) is 47.5 Å². The molecular formula is C13H12Cl2N2. The highest BCUT2D eigenvalue weighted by Gasteiger charge is 2.04. The molecule has 0 fully saturated rings. The first-order chi connectivity index (χ1) is 8.18.